The lowest BCUT2D eigenvalue weighted by Gasteiger charge is -2.32. The number of anilines is 1. The number of nitrogens with zero attached hydrogens (tertiary/aromatic N) is 1. The molecule has 1 aliphatic heterocycles. The van der Waals surface area contributed by atoms with E-state index in [4.69, 9.17) is 4.74 Å². The SMILES string of the molecule is COc1ccccc1C(C)NC(=O)c1ccc2c(c1)CCCN2Cc1ccc(C2CC=CC=C2C(=O)O)cc1. The maximum absolute atomic E-state index is 13.1. The number of aryl methyl sites for hydroxylation is 1. The van der Waals surface area contributed by atoms with E-state index < -0.39 is 5.97 Å². The molecule has 0 saturated carbocycles. The molecule has 1 aliphatic carbocycles. The van der Waals surface area contributed by atoms with Crippen molar-refractivity contribution in [2.75, 3.05) is 18.6 Å². The second kappa shape index (κ2) is 11.6. The summed E-state index contributed by atoms with van der Waals surface area (Å²) in [6, 6.07) is 21.8. The van der Waals surface area contributed by atoms with Crippen molar-refractivity contribution in [3.05, 3.63) is 118 Å². The van der Waals surface area contributed by atoms with Gasteiger partial charge in [-0.15, -0.1) is 0 Å². The lowest BCUT2D eigenvalue weighted by atomic mass is 9.85. The van der Waals surface area contributed by atoms with E-state index in [1.807, 2.05) is 55.5 Å². The number of ether oxygens (including phenoxy) is 1. The third kappa shape index (κ3) is 5.75. The van der Waals surface area contributed by atoms with Gasteiger partial charge in [-0.25, -0.2) is 4.79 Å². The molecule has 2 N–H and O–H groups in total. The number of nitrogens with one attached hydrogen (secondary N) is 1. The molecule has 5 rings (SSSR count). The molecule has 1 heterocycles. The van der Waals surface area contributed by atoms with Crippen LogP contribution in [0.15, 0.2) is 90.5 Å². The average molecular weight is 523 g/mol. The molecule has 6 heteroatoms. The number of allylic oxidation sites excluding steroid dienone is 3. The first-order valence-corrected chi connectivity index (χ1v) is 13.4. The topological polar surface area (TPSA) is 78.9 Å². The Morgan fingerprint density at radius 3 is 2.67 bits per heavy atom. The highest BCUT2D eigenvalue weighted by Gasteiger charge is 2.24. The summed E-state index contributed by atoms with van der Waals surface area (Å²) in [5, 5.41) is 12.7. The van der Waals surface area contributed by atoms with Crippen LogP contribution in [0.2, 0.25) is 0 Å². The molecule has 0 radical (unpaired) electrons. The van der Waals surface area contributed by atoms with Gasteiger partial charge in [0, 0.05) is 41.4 Å². The zero-order valence-corrected chi connectivity index (χ0v) is 22.4. The minimum Gasteiger partial charge on any atom is -0.496 e. The van der Waals surface area contributed by atoms with Gasteiger partial charge in [0.25, 0.3) is 5.91 Å². The number of hydrogen-bond donors (Lipinski definition) is 2. The van der Waals surface area contributed by atoms with Crippen molar-refractivity contribution in [2.45, 2.75) is 44.7 Å². The molecule has 0 saturated heterocycles. The molecule has 2 unspecified atom stereocenters. The number of carboxylic acids is 1. The summed E-state index contributed by atoms with van der Waals surface area (Å²) in [6.45, 7) is 3.67. The fourth-order valence-electron chi connectivity index (χ4n) is 5.60. The molecule has 0 aromatic heterocycles. The van der Waals surface area contributed by atoms with Gasteiger partial charge < -0.3 is 20.1 Å². The summed E-state index contributed by atoms with van der Waals surface area (Å²) in [4.78, 5) is 27.1. The van der Waals surface area contributed by atoms with Gasteiger partial charge >= 0.3 is 5.97 Å². The van der Waals surface area contributed by atoms with E-state index in [-0.39, 0.29) is 17.9 Å². The van der Waals surface area contributed by atoms with Gasteiger partial charge in [-0.3, -0.25) is 4.79 Å². The zero-order valence-electron chi connectivity index (χ0n) is 22.4. The Balaban J connectivity index is 1.27. The molecule has 0 spiro atoms. The first-order chi connectivity index (χ1) is 18.9. The van der Waals surface area contributed by atoms with Crippen molar-refractivity contribution in [1.29, 1.82) is 0 Å². The Kier molecular flexibility index (Phi) is 7.82. The first-order valence-electron chi connectivity index (χ1n) is 13.4. The second-order valence-corrected chi connectivity index (χ2v) is 10.2. The van der Waals surface area contributed by atoms with Crippen LogP contribution < -0.4 is 15.0 Å². The largest absolute Gasteiger partial charge is 0.496 e. The number of para-hydroxylation sites is 1. The van der Waals surface area contributed by atoms with E-state index in [2.05, 4.69) is 40.5 Å². The highest BCUT2D eigenvalue weighted by molar-refractivity contribution is 5.95. The summed E-state index contributed by atoms with van der Waals surface area (Å²) in [5.74, 6) is -0.321. The van der Waals surface area contributed by atoms with Crippen molar-refractivity contribution in [1.82, 2.24) is 5.32 Å². The van der Waals surface area contributed by atoms with Crippen LogP contribution in [0.3, 0.4) is 0 Å². The van der Waals surface area contributed by atoms with Gasteiger partial charge in [0.1, 0.15) is 5.75 Å². The third-order valence-electron chi connectivity index (χ3n) is 7.67. The van der Waals surface area contributed by atoms with Gasteiger partial charge in [-0.05, 0) is 67.1 Å². The second-order valence-electron chi connectivity index (χ2n) is 10.2. The van der Waals surface area contributed by atoms with Crippen LogP contribution in [0.1, 0.15) is 64.3 Å². The number of amides is 1. The van der Waals surface area contributed by atoms with Gasteiger partial charge in [-0.1, -0.05) is 60.7 Å². The first kappa shape index (κ1) is 26.3. The number of fused-ring (bicyclic) bond motifs is 1. The Hall–Kier alpha value is -4.32. The highest BCUT2D eigenvalue weighted by Crippen LogP contribution is 2.33. The van der Waals surface area contributed by atoms with Crippen LogP contribution in [0.4, 0.5) is 5.69 Å². The van der Waals surface area contributed by atoms with Crippen LogP contribution in [-0.4, -0.2) is 30.6 Å². The predicted molar refractivity (Wildman–Crippen MR) is 153 cm³/mol. The molecule has 3 aromatic rings. The highest BCUT2D eigenvalue weighted by atomic mass is 16.5. The maximum atomic E-state index is 13.1. The number of rotatable bonds is 8. The fraction of sp³-hybridized carbons (Fsp3) is 0.273. The maximum Gasteiger partial charge on any atom is 0.332 e. The zero-order chi connectivity index (χ0) is 27.4. The van der Waals surface area contributed by atoms with Crippen molar-refractivity contribution in [3.8, 4) is 5.75 Å². The van der Waals surface area contributed by atoms with Crippen molar-refractivity contribution in [2.24, 2.45) is 0 Å². The molecule has 0 fully saturated rings. The quantitative estimate of drug-likeness (QED) is 0.369. The summed E-state index contributed by atoms with van der Waals surface area (Å²) in [5.41, 5.74) is 6.57. The monoisotopic (exact) mass is 522 g/mol. The Bertz CT molecular complexity index is 1420. The number of aliphatic carboxylic acids is 1. The van der Waals surface area contributed by atoms with Crippen LogP contribution in [0, 0.1) is 0 Å². The number of carbonyl (C=O) groups excluding carboxylic acids is 1. The Morgan fingerprint density at radius 2 is 1.90 bits per heavy atom. The summed E-state index contributed by atoms with van der Waals surface area (Å²) in [6.07, 6.45) is 8.19. The summed E-state index contributed by atoms with van der Waals surface area (Å²) < 4.78 is 5.45. The van der Waals surface area contributed by atoms with E-state index in [1.165, 1.54) is 11.1 Å². The number of carbonyl (C=O) groups is 2. The molecule has 200 valence electrons. The molecule has 0 bridgehead atoms. The fourth-order valence-corrected chi connectivity index (χ4v) is 5.60. The van der Waals surface area contributed by atoms with Gasteiger partial charge in [0.15, 0.2) is 0 Å². The average Bonchev–Trinajstić information content (AvgIpc) is 2.97. The van der Waals surface area contributed by atoms with E-state index in [9.17, 15) is 14.7 Å². The van der Waals surface area contributed by atoms with Gasteiger partial charge in [0.2, 0.25) is 0 Å². The van der Waals surface area contributed by atoms with Gasteiger partial charge in [-0.2, -0.15) is 0 Å². The lowest BCUT2D eigenvalue weighted by molar-refractivity contribution is -0.133. The van der Waals surface area contributed by atoms with Gasteiger partial charge in [0.05, 0.1) is 13.2 Å². The summed E-state index contributed by atoms with van der Waals surface area (Å²) in [7, 11) is 1.64. The van der Waals surface area contributed by atoms with Crippen LogP contribution in [-0.2, 0) is 17.8 Å². The van der Waals surface area contributed by atoms with E-state index in [0.29, 0.717) is 17.6 Å². The van der Waals surface area contributed by atoms with E-state index >= 15 is 0 Å². The molecule has 6 nitrogen and oxygen atoms in total. The van der Waals surface area contributed by atoms with Crippen molar-refractivity contribution < 1.29 is 19.4 Å². The Labute approximate surface area is 229 Å². The van der Waals surface area contributed by atoms with E-state index in [0.717, 1.165) is 48.5 Å². The molecule has 2 atom stereocenters. The lowest BCUT2D eigenvalue weighted by Crippen LogP contribution is -2.30. The number of hydrogen-bond acceptors (Lipinski definition) is 4. The molecule has 1 amide bonds. The number of benzene rings is 3. The number of carboxylic acid groups (broad SMARTS) is 1. The minimum absolute atomic E-state index is 0.101. The molecule has 2 aliphatic rings. The van der Waals surface area contributed by atoms with Crippen molar-refractivity contribution in [3.63, 3.8) is 0 Å². The normalized spacial score (nSPS) is 17.1. The smallest absolute Gasteiger partial charge is 0.332 e. The van der Waals surface area contributed by atoms with Crippen LogP contribution in [0.5, 0.6) is 5.75 Å². The molecular formula is C33H34N2O4. The molecule has 3 aromatic carbocycles. The predicted octanol–water partition coefficient (Wildman–Crippen LogP) is 6.19. The van der Waals surface area contributed by atoms with Crippen LogP contribution >= 0.6 is 0 Å². The Morgan fingerprint density at radius 1 is 1.10 bits per heavy atom. The molecule has 39 heavy (non-hydrogen) atoms. The standard InChI is InChI=1S/C33H34N2O4/c1-22(27-9-5-6-12-31(27)39-2)34-32(36)26-17-18-30-25(20-26)8-7-19-35(30)21-23-13-15-24(16-14-23)28-10-3-4-11-29(28)33(37)38/h3-6,9,11-18,20,22,28H,7-8,10,19,21H2,1-2H3,(H,34,36)(H,37,38). The molecular weight excluding hydrogens is 488 g/mol. The van der Waals surface area contributed by atoms with E-state index in [1.54, 1.807) is 13.2 Å². The number of methoxy groups -OCH3 is 1. The third-order valence-corrected chi connectivity index (χ3v) is 7.67. The van der Waals surface area contributed by atoms with Crippen LogP contribution in [0.25, 0.3) is 0 Å². The van der Waals surface area contributed by atoms with Crippen molar-refractivity contribution >= 4 is 17.6 Å². The summed E-state index contributed by atoms with van der Waals surface area (Å²) >= 11 is 0. The minimum atomic E-state index is -0.861.